The zero-order valence-corrected chi connectivity index (χ0v) is 12.1. The molecule has 0 saturated heterocycles. The summed E-state index contributed by atoms with van der Waals surface area (Å²) in [7, 11) is 0. The van der Waals surface area contributed by atoms with Crippen molar-refractivity contribution in [1.29, 1.82) is 0 Å². The Morgan fingerprint density at radius 1 is 1.16 bits per heavy atom. The van der Waals surface area contributed by atoms with Crippen molar-refractivity contribution in [2.45, 2.75) is 65.2 Å². The van der Waals surface area contributed by atoms with E-state index in [2.05, 4.69) is 12.1 Å². The van der Waals surface area contributed by atoms with Crippen LogP contribution in [0.25, 0.3) is 0 Å². The molecule has 0 aliphatic heterocycles. The first kappa shape index (κ1) is 15.7. The first-order valence-electron chi connectivity index (χ1n) is 7.40. The van der Waals surface area contributed by atoms with Crippen LogP contribution in [0.2, 0.25) is 0 Å². The van der Waals surface area contributed by atoms with E-state index in [1.165, 1.54) is 38.5 Å². The lowest BCUT2D eigenvalue weighted by Crippen LogP contribution is -2.07. The van der Waals surface area contributed by atoms with E-state index in [-0.39, 0.29) is 5.97 Å². The zero-order chi connectivity index (χ0) is 13.9. The molecule has 0 radical (unpaired) electrons. The van der Waals surface area contributed by atoms with Gasteiger partial charge in [0, 0.05) is 5.56 Å². The summed E-state index contributed by atoms with van der Waals surface area (Å²) in [6.07, 6.45) is 11.2. The number of carbonyl (C=O) groups excluding carboxylic acids is 1. The van der Waals surface area contributed by atoms with Gasteiger partial charge in [-0.2, -0.15) is 0 Å². The number of hydrogen-bond donors (Lipinski definition) is 0. The van der Waals surface area contributed by atoms with Crippen LogP contribution < -0.4 is 0 Å². The SMILES string of the molecule is CCCCCCCCCc1conc1C(=O)OCC. The van der Waals surface area contributed by atoms with Crippen molar-refractivity contribution in [1.82, 2.24) is 5.16 Å². The van der Waals surface area contributed by atoms with Gasteiger partial charge in [-0.3, -0.25) is 0 Å². The van der Waals surface area contributed by atoms with Gasteiger partial charge in [0.1, 0.15) is 6.26 Å². The number of unbranched alkanes of at least 4 members (excludes halogenated alkanes) is 6. The third-order valence-electron chi connectivity index (χ3n) is 3.16. The van der Waals surface area contributed by atoms with E-state index in [0.29, 0.717) is 12.3 Å². The molecule has 0 amide bonds. The highest BCUT2D eigenvalue weighted by atomic mass is 16.5. The van der Waals surface area contributed by atoms with Crippen molar-refractivity contribution in [2.75, 3.05) is 6.61 Å². The normalized spacial score (nSPS) is 10.6. The Bertz CT molecular complexity index is 360. The highest BCUT2D eigenvalue weighted by molar-refractivity contribution is 5.88. The van der Waals surface area contributed by atoms with E-state index < -0.39 is 0 Å². The first-order chi connectivity index (χ1) is 9.29. The van der Waals surface area contributed by atoms with E-state index in [1.807, 2.05) is 0 Å². The molecule has 1 heterocycles. The summed E-state index contributed by atoms with van der Waals surface area (Å²) in [5, 5.41) is 3.72. The minimum Gasteiger partial charge on any atom is -0.461 e. The number of aromatic nitrogens is 1. The Balaban J connectivity index is 2.22. The van der Waals surface area contributed by atoms with Gasteiger partial charge >= 0.3 is 5.97 Å². The largest absolute Gasteiger partial charge is 0.461 e. The molecule has 0 N–H and O–H groups in total. The molecule has 0 aliphatic carbocycles. The van der Waals surface area contributed by atoms with Gasteiger partial charge < -0.3 is 9.26 Å². The Hall–Kier alpha value is -1.32. The molecule has 108 valence electrons. The molecule has 0 spiro atoms. The second-order valence-electron chi connectivity index (χ2n) is 4.78. The van der Waals surface area contributed by atoms with Crippen LogP contribution in [0, 0.1) is 0 Å². The number of hydrogen-bond acceptors (Lipinski definition) is 4. The second-order valence-corrected chi connectivity index (χ2v) is 4.78. The number of carbonyl (C=O) groups is 1. The van der Waals surface area contributed by atoms with Crippen LogP contribution >= 0.6 is 0 Å². The van der Waals surface area contributed by atoms with Gasteiger partial charge in [-0.15, -0.1) is 0 Å². The van der Waals surface area contributed by atoms with Gasteiger partial charge in [0.25, 0.3) is 0 Å². The fourth-order valence-corrected chi connectivity index (χ4v) is 2.07. The van der Waals surface area contributed by atoms with Gasteiger partial charge in [-0.25, -0.2) is 4.79 Å². The van der Waals surface area contributed by atoms with E-state index in [9.17, 15) is 4.79 Å². The van der Waals surface area contributed by atoms with Crippen LogP contribution in [0.5, 0.6) is 0 Å². The molecule has 4 heteroatoms. The lowest BCUT2D eigenvalue weighted by atomic mass is 10.0. The van der Waals surface area contributed by atoms with Crippen LogP contribution in [0.3, 0.4) is 0 Å². The average Bonchev–Trinajstić information content (AvgIpc) is 2.86. The lowest BCUT2D eigenvalue weighted by molar-refractivity contribution is 0.0513. The average molecular weight is 267 g/mol. The maximum Gasteiger partial charge on any atom is 0.360 e. The van der Waals surface area contributed by atoms with Gasteiger partial charge in [-0.1, -0.05) is 50.6 Å². The molecule has 1 aromatic rings. The minimum absolute atomic E-state index is 0.341. The summed E-state index contributed by atoms with van der Waals surface area (Å²) in [6, 6.07) is 0. The molecule has 4 nitrogen and oxygen atoms in total. The Morgan fingerprint density at radius 3 is 2.53 bits per heavy atom. The topological polar surface area (TPSA) is 52.3 Å². The van der Waals surface area contributed by atoms with Crippen LogP contribution in [0.4, 0.5) is 0 Å². The molecule has 0 aromatic carbocycles. The van der Waals surface area contributed by atoms with Crippen LogP contribution in [-0.2, 0) is 11.2 Å². The van der Waals surface area contributed by atoms with E-state index in [0.717, 1.165) is 18.4 Å². The molecule has 0 unspecified atom stereocenters. The van der Waals surface area contributed by atoms with Crippen LogP contribution in [0.15, 0.2) is 10.8 Å². The molecular formula is C15H25NO3. The van der Waals surface area contributed by atoms with Crippen molar-refractivity contribution in [2.24, 2.45) is 0 Å². The molecule has 19 heavy (non-hydrogen) atoms. The highest BCUT2D eigenvalue weighted by Gasteiger charge is 2.16. The monoisotopic (exact) mass is 267 g/mol. The zero-order valence-electron chi connectivity index (χ0n) is 12.1. The summed E-state index contributed by atoms with van der Waals surface area (Å²) in [5.41, 5.74) is 1.21. The maximum atomic E-state index is 11.6. The smallest absolute Gasteiger partial charge is 0.360 e. The minimum atomic E-state index is -0.380. The second kappa shape index (κ2) is 9.59. The Morgan fingerprint density at radius 2 is 1.84 bits per heavy atom. The summed E-state index contributed by atoms with van der Waals surface area (Å²) >= 11 is 0. The molecule has 0 aliphatic rings. The number of ether oxygens (including phenoxy) is 1. The fraction of sp³-hybridized carbons (Fsp3) is 0.733. The van der Waals surface area contributed by atoms with Crippen LogP contribution in [-0.4, -0.2) is 17.7 Å². The Kier molecular flexibility index (Phi) is 7.94. The summed E-state index contributed by atoms with van der Waals surface area (Å²) in [4.78, 5) is 11.6. The number of nitrogens with zero attached hydrogens (tertiary/aromatic N) is 1. The van der Waals surface area contributed by atoms with Crippen molar-refractivity contribution in [3.63, 3.8) is 0 Å². The van der Waals surface area contributed by atoms with Crippen LogP contribution in [0.1, 0.15) is 74.8 Å². The molecule has 0 fully saturated rings. The van der Waals surface area contributed by atoms with E-state index in [4.69, 9.17) is 9.26 Å². The lowest BCUT2D eigenvalue weighted by Gasteiger charge is -2.02. The molecule has 1 rings (SSSR count). The fourth-order valence-electron chi connectivity index (χ4n) is 2.07. The van der Waals surface area contributed by atoms with Crippen molar-refractivity contribution in [3.8, 4) is 0 Å². The summed E-state index contributed by atoms with van der Waals surface area (Å²) in [6.45, 7) is 4.37. The quantitative estimate of drug-likeness (QED) is 0.472. The molecule has 0 atom stereocenters. The predicted octanol–water partition coefficient (Wildman–Crippen LogP) is 4.14. The molecule has 1 aromatic heterocycles. The van der Waals surface area contributed by atoms with Gasteiger partial charge in [-0.05, 0) is 19.8 Å². The third kappa shape index (κ3) is 5.90. The maximum absolute atomic E-state index is 11.6. The first-order valence-corrected chi connectivity index (χ1v) is 7.40. The summed E-state index contributed by atoms with van der Waals surface area (Å²) in [5.74, 6) is -0.380. The van der Waals surface area contributed by atoms with E-state index in [1.54, 1.807) is 13.2 Å². The number of esters is 1. The number of aryl methyl sites for hydroxylation is 1. The number of rotatable bonds is 10. The standard InChI is InChI=1S/C15H25NO3/c1-3-5-6-7-8-9-10-11-13-12-19-16-14(13)15(17)18-4-2/h12H,3-11H2,1-2H3. The molecule has 0 bridgehead atoms. The van der Waals surface area contributed by atoms with Gasteiger partial charge in [0.2, 0.25) is 0 Å². The highest BCUT2D eigenvalue weighted by Crippen LogP contribution is 2.14. The van der Waals surface area contributed by atoms with Crippen molar-refractivity contribution in [3.05, 3.63) is 17.5 Å². The molecular weight excluding hydrogens is 242 g/mol. The van der Waals surface area contributed by atoms with Gasteiger partial charge in [0.05, 0.1) is 6.61 Å². The van der Waals surface area contributed by atoms with Gasteiger partial charge in [0.15, 0.2) is 5.69 Å². The third-order valence-corrected chi connectivity index (χ3v) is 3.16. The summed E-state index contributed by atoms with van der Waals surface area (Å²) < 4.78 is 9.81. The van der Waals surface area contributed by atoms with E-state index >= 15 is 0 Å². The van der Waals surface area contributed by atoms with Crippen molar-refractivity contribution < 1.29 is 14.1 Å². The predicted molar refractivity (Wildman–Crippen MR) is 74.2 cm³/mol. The molecule has 0 saturated carbocycles. The van der Waals surface area contributed by atoms with Crippen molar-refractivity contribution >= 4 is 5.97 Å². The Labute approximate surface area is 115 Å².